The number of hydrogen-bond donors (Lipinski definition) is 2. The number of hydrogen-bond acceptors (Lipinski definition) is 4. The van der Waals surface area contributed by atoms with Crippen LogP contribution in [-0.2, 0) is 20.0 Å². The summed E-state index contributed by atoms with van der Waals surface area (Å²) in [5.41, 5.74) is -0.518. The Morgan fingerprint density at radius 2 is 1.65 bits per heavy atom. The number of alkyl halides is 2. The molecule has 3 N–H and O–H groups in total. The molecule has 17 heavy (non-hydrogen) atoms. The van der Waals surface area contributed by atoms with E-state index in [0.717, 1.165) is 12.1 Å². The van der Waals surface area contributed by atoms with Gasteiger partial charge in [-0.1, -0.05) is 12.1 Å². The molecular weight excluding hydrogens is 278 g/mol. The van der Waals surface area contributed by atoms with Crippen molar-refractivity contribution < 1.29 is 25.6 Å². The third-order valence-electron chi connectivity index (χ3n) is 1.68. The molecule has 0 amide bonds. The molecule has 1 rings (SSSR count). The minimum Gasteiger partial charge on any atom is -0.270 e. The van der Waals surface area contributed by atoms with Gasteiger partial charge in [0.1, 0.15) is 0 Å². The summed E-state index contributed by atoms with van der Waals surface area (Å²) in [7, 11) is -9.14. The molecule has 6 nitrogen and oxygen atoms in total. The van der Waals surface area contributed by atoms with Gasteiger partial charge in [-0.2, -0.15) is 17.2 Å². The standard InChI is InChI=1S/C7H8F2N2O4S2/c8-7(9)16(12,13)6-4-2-1-3-5(6)11-17(10,14)15/h1-4,7,11H,(H2,10,14,15). The van der Waals surface area contributed by atoms with Crippen LogP contribution in [0.1, 0.15) is 0 Å². The van der Waals surface area contributed by atoms with Gasteiger partial charge in [-0.25, -0.2) is 13.6 Å². The van der Waals surface area contributed by atoms with E-state index in [0.29, 0.717) is 0 Å². The Balaban J connectivity index is 3.37. The first-order chi connectivity index (χ1) is 7.64. The van der Waals surface area contributed by atoms with Crippen LogP contribution in [0.3, 0.4) is 0 Å². The van der Waals surface area contributed by atoms with E-state index < -0.39 is 36.4 Å². The molecule has 0 saturated heterocycles. The van der Waals surface area contributed by atoms with Gasteiger partial charge in [0.25, 0.3) is 10.2 Å². The molecule has 0 spiro atoms. The van der Waals surface area contributed by atoms with E-state index in [9.17, 15) is 25.6 Å². The zero-order valence-corrected chi connectivity index (χ0v) is 9.80. The number of halogens is 2. The van der Waals surface area contributed by atoms with Crippen molar-refractivity contribution in [2.45, 2.75) is 10.7 Å². The van der Waals surface area contributed by atoms with Crippen molar-refractivity contribution in [3.8, 4) is 0 Å². The Kier molecular flexibility index (Phi) is 3.69. The number of nitrogens with two attached hydrogens (primary N) is 1. The number of nitrogens with one attached hydrogen (secondary N) is 1. The van der Waals surface area contributed by atoms with Crippen LogP contribution in [0.15, 0.2) is 29.2 Å². The Morgan fingerprint density at radius 1 is 1.12 bits per heavy atom. The van der Waals surface area contributed by atoms with Crippen molar-refractivity contribution in [3.05, 3.63) is 24.3 Å². The lowest BCUT2D eigenvalue weighted by Gasteiger charge is -2.10. The van der Waals surface area contributed by atoms with Crippen LogP contribution in [0, 0.1) is 0 Å². The smallest absolute Gasteiger partial charge is 0.270 e. The predicted molar refractivity (Wildman–Crippen MR) is 56.4 cm³/mol. The first kappa shape index (κ1) is 13.8. The number of benzene rings is 1. The lowest BCUT2D eigenvalue weighted by atomic mass is 10.3. The summed E-state index contributed by atoms with van der Waals surface area (Å²) in [6.45, 7) is 0. The molecule has 0 fully saturated rings. The summed E-state index contributed by atoms with van der Waals surface area (Å²) >= 11 is 0. The minimum atomic E-state index is -4.90. The summed E-state index contributed by atoms with van der Waals surface area (Å²) in [6, 6.07) is 4.33. The van der Waals surface area contributed by atoms with E-state index in [1.807, 2.05) is 0 Å². The van der Waals surface area contributed by atoms with Crippen molar-refractivity contribution in [1.82, 2.24) is 0 Å². The van der Waals surface area contributed by atoms with Crippen molar-refractivity contribution in [1.29, 1.82) is 0 Å². The van der Waals surface area contributed by atoms with Gasteiger partial charge in [0, 0.05) is 0 Å². The molecule has 0 radical (unpaired) electrons. The Hall–Kier alpha value is -1.26. The van der Waals surface area contributed by atoms with Crippen LogP contribution in [-0.4, -0.2) is 22.6 Å². The zero-order valence-electron chi connectivity index (χ0n) is 8.17. The first-order valence-corrected chi connectivity index (χ1v) is 7.15. The van der Waals surface area contributed by atoms with E-state index >= 15 is 0 Å². The van der Waals surface area contributed by atoms with Crippen molar-refractivity contribution in [2.24, 2.45) is 5.14 Å². The van der Waals surface area contributed by atoms with Crippen molar-refractivity contribution in [2.75, 3.05) is 4.72 Å². The van der Waals surface area contributed by atoms with Crippen LogP contribution in [0.5, 0.6) is 0 Å². The lowest BCUT2D eigenvalue weighted by molar-refractivity contribution is 0.235. The zero-order chi connectivity index (χ0) is 13.3. The highest BCUT2D eigenvalue weighted by molar-refractivity contribution is 7.92. The van der Waals surface area contributed by atoms with E-state index in [-0.39, 0.29) is 0 Å². The highest BCUT2D eigenvalue weighted by atomic mass is 32.2. The van der Waals surface area contributed by atoms with Gasteiger partial charge < -0.3 is 0 Å². The fraction of sp³-hybridized carbons (Fsp3) is 0.143. The fourth-order valence-corrected chi connectivity index (χ4v) is 2.48. The summed E-state index contributed by atoms with van der Waals surface area (Å²) < 4.78 is 70.2. The van der Waals surface area contributed by atoms with Gasteiger partial charge in [0.05, 0.1) is 10.6 Å². The maximum atomic E-state index is 12.3. The molecule has 0 aromatic heterocycles. The molecule has 1 aromatic rings. The molecule has 0 aliphatic heterocycles. The number of sulfone groups is 1. The van der Waals surface area contributed by atoms with E-state index in [1.165, 1.54) is 12.1 Å². The van der Waals surface area contributed by atoms with E-state index in [2.05, 4.69) is 5.14 Å². The second-order valence-electron chi connectivity index (χ2n) is 2.95. The molecule has 10 heteroatoms. The predicted octanol–water partition coefficient (Wildman–Crippen LogP) is 0.298. The maximum Gasteiger partial charge on any atom is 0.341 e. The second-order valence-corrected chi connectivity index (χ2v) is 6.13. The van der Waals surface area contributed by atoms with Gasteiger partial charge in [-0.3, -0.25) is 4.72 Å². The number of para-hydroxylation sites is 1. The SMILES string of the molecule is NS(=O)(=O)Nc1ccccc1S(=O)(=O)C(F)F. The molecule has 0 heterocycles. The molecular formula is C7H8F2N2O4S2. The fourth-order valence-electron chi connectivity index (χ4n) is 1.05. The Bertz CT molecular complexity index is 613. The largest absolute Gasteiger partial charge is 0.341 e. The number of rotatable bonds is 4. The molecule has 0 bridgehead atoms. The Labute approximate surface area is 96.5 Å². The van der Waals surface area contributed by atoms with E-state index in [1.54, 1.807) is 4.72 Å². The summed E-state index contributed by atoms with van der Waals surface area (Å²) in [6.07, 6.45) is 0. The topological polar surface area (TPSA) is 106 Å². The maximum absolute atomic E-state index is 12.3. The van der Waals surface area contributed by atoms with E-state index in [4.69, 9.17) is 0 Å². The highest BCUT2D eigenvalue weighted by Crippen LogP contribution is 2.26. The van der Waals surface area contributed by atoms with Crippen LogP contribution >= 0.6 is 0 Å². The quantitative estimate of drug-likeness (QED) is 0.830. The Morgan fingerprint density at radius 3 is 2.12 bits per heavy atom. The third kappa shape index (κ3) is 3.35. The second kappa shape index (κ2) is 4.55. The molecule has 96 valence electrons. The van der Waals surface area contributed by atoms with Crippen molar-refractivity contribution in [3.63, 3.8) is 0 Å². The van der Waals surface area contributed by atoms with Crippen molar-refractivity contribution >= 4 is 25.7 Å². The molecule has 0 aliphatic carbocycles. The lowest BCUT2D eigenvalue weighted by Crippen LogP contribution is -2.23. The highest BCUT2D eigenvalue weighted by Gasteiger charge is 2.29. The molecule has 0 unspecified atom stereocenters. The summed E-state index contributed by atoms with van der Waals surface area (Å²) in [4.78, 5) is -0.830. The average Bonchev–Trinajstić information content (AvgIpc) is 2.15. The van der Waals surface area contributed by atoms with Gasteiger partial charge in [0.2, 0.25) is 9.84 Å². The van der Waals surface area contributed by atoms with Crippen LogP contribution in [0.25, 0.3) is 0 Å². The summed E-state index contributed by atoms with van der Waals surface area (Å²) in [5, 5.41) is 4.63. The molecule has 0 atom stereocenters. The van der Waals surface area contributed by atoms with Crippen LogP contribution in [0.2, 0.25) is 0 Å². The van der Waals surface area contributed by atoms with Crippen LogP contribution in [0.4, 0.5) is 14.5 Å². The van der Waals surface area contributed by atoms with Gasteiger partial charge in [-0.15, -0.1) is 0 Å². The summed E-state index contributed by atoms with van der Waals surface area (Å²) in [5.74, 6) is -3.65. The first-order valence-electron chi connectivity index (χ1n) is 4.06. The van der Waals surface area contributed by atoms with Gasteiger partial charge >= 0.3 is 5.76 Å². The molecule has 0 saturated carbocycles. The minimum absolute atomic E-state index is 0.518. The molecule has 0 aliphatic rings. The van der Waals surface area contributed by atoms with Gasteiger partial charge in [0.15, 0.2) is 0 Å². The normalized spacial score (nSPS) is 12.7. The molecule has 1 aromatic carbocycles. The van der Waals surface area contributed by atoms with Crippen LogP contribution < -0.4 is 9.86 Å². The number of anilines is 1. The third-order valence-corrected chi connectivity index (χ3v) is 3.62. The average molecular weight is 286 g/mol. The monoisotopic (exact) mass is 286 g/mol. The van der Waals surface area contributed by atoms with Gasteiger partial charge in [-0.05, 0) is 12.1 Å².